The molecule has 0 aliphatic rings. The lowest BCUT2D eigenvalue weighted by Crippen LogP contribution is -2.46. The van der Waals surface area contributed by atoms with Crippen LogP contribution in [0.5, 0.6) is 0 Å². The minimum Gasteiger partial charge on any atom is -0.354 e. The van der Waals surface area contributed by atoms with Crippen molar-refractivity contribution in [3.63, 3.8) is 0 Å². The van der Waals surface area contributed by atoms with Crippen LogP contribution in [0, 0.1) is 5.92 Å². The monoisotopic (exact) mass is 543 g/mol. The Balaban J connectivity index is 2.16. The fraction of sp³-hybridized carbons (Fsp3) is 0.500. The quantitative estimate of drug-likeness (QED) is 0.235. The van der Waals surface area contributed by atoms with Crippen LogP contribution >= 0.6 is 0 Å². The molecular formula is C26H37N7O6. The Labute approximate surface area is 226 Å². The van der Waals surface area contributed by atoms with Gasteiger partial charge in [0.25, 0.3) is 17.4 Å². The second kappa shape index (κ2) is 15.2. The number of rotatable bonds is 15. The molecule has 2 heterocycles. The van der Waals surface area contributed by atoms with Gasteiger partial charge in [0.05, 0.1) is 12.5 Å². The normalized spacial score (nSPS) is 11.5. The van der Waals surface area contributed by atoms with Gasteiger partial charge in [-0.15, -0.1) is 0 Å². The van der Waals surface area contributed by atoms with Crippen LogP contribution in [0.1, 0.15) is 56.9 Å². The van der Waals surface area contributed by atoms with Gasteiger partial charge in [0, 0.05) is 32.8 Å². The number of nitrogens with one attached hydrogen (secondary N) is 4. The first-order chi connectivity index (χ1) is 18.6. The molecule has 0 saturated heterocycles. The largest absolute Gasteiger partial charge is 0.354 e. The van der Waals surface area contributed by atoms with Crippen molar-refractivity contribution >= 4 is 35.1 Å². The number of likely N-dealkylation sites (N-methyl/N-ethyl adjacent to an activating group) is 1. The average Bonchev–Trinajstić information content (AvgIpc) is 3.35. The van der Waals surface area contributed by atoms with Gasteiger partial charge in [0.2, 0.25) is 17.6 Å². The van der Waals surface area contributed by atoms with E-state index in [1.807, 2.05) is 13.8 Å². The Morgan fingerprint density at radius 1 is 1.05 bits per heavy atom. The van der Waals surface area contributed by atoms with Gasteiger partial charge >= 0.3 is 0 Å². The number of anilines is 1. The summed E-state index contributed by atoms with van der Waals surface area (Å²) in [5.41, 5.74) is -0.548. The Morgan fingerprint density at radius 2 is 1.77 bits per heavy atom. The van der Waals surface area contributed by atoms with Gasteiger partial charge in [-0.05, 0) is 31.4 Å². The molecule has 212 valence electrons. The van der Waals surface area contributed by atoms with Gasteiger partial charge in [-0.2, -0.15) is 0 Å². The van der Waals surface area contributed by atoms with Crippen molar-refractivity contribution in [2.45, 2.75) is 59.0 Å². The van der Waals surface area contributed by atoms with Gasteiger partial charge in [-0.25, -0.2) is 4.98 Å². The second-order valence-electron chi connectivity index (χ2n) is 9.07. The summed E-state index contributed by atoms with van der Waals surface area (Å²) in [5, 5.41) is 10.2. The molecule has 0 aliphatic carbocycles. The van der Waals surface area contributed by atoms with Crippen LogP contribution in [0.3, 0.4) is 0 Å². The van der Waals surface area contributed by atoms with E-state index in [1.165, 1.54) is 40.0 Å². The number of Topliss-reactive ketones (excluding diaryl/α,β-unsaturated/α-hetero) is 1. The number of amides is 4. The number of aryl methyl sites for hydroxylation is 1. The summed E-state index contributed by atoms with van der Waals surface area (Å²) in [6, 6.07) is 1.63. The van der Waals surface area contributed by atoms with E-state index in [1.54, 1.807) is 14.0 Å². The number of hydrogen-bond acceptors (Lipinski definition) is 7. The number of pyridine rings is 1. The SMILES string of the molecule is CCNC(=O)C(=O)CC[C@H](NC(=O)c1cncn1C)C(=O)Nc1cccn(CC(=O)NCC(CC)CC)c1=O. The predicted octanol–water partition coefficient (Wildman–Crippen LogP) is 0.357. The van der Waals surface area contributed by atoms with E-state index < -0.39 is 35.1 Å². The minimum absolute atomic E-state index is 0.106. The van der Waals surface area contributed by atoms with E-state index in [0.29, 0.717) is 12.5 Å². The van der Waals surface area contributed by atoms with Crippen molar-refractivity contribution in [2.24, 2.45) is 13.0 Å². The fourth-order valence-corrected chi connectivity index (χ4v) is 3.75. The molecule has 39 heavy (non-hydrogen) atoms. The predicted molar refractivity (Wildman–Crippen MR) is 144 cm³/mol. The summed E-state index contributed by atoms with van der Waals surface area (Å²) < 4.78 is 2.62. The van der Waals surface area contributed by atoms with Crippen molar-refractivity contribution in [1.29, 1.82) is 0 Å². The summed E-state index contributed by atoms with van der Waals surface area (Å²) in [7, 11) is 1.60. The highest BCUT2D eigenvalue weighted by atomic mass is 16.2. The first kappa shape index (κ1) is 30.9. The van der Waals surface area contributed by atoms with Gasteiger partial charge < -0.3 is 30.4 Å². The molecule has 4 N–H and O–H groups in total. The molecule has 0 radical (unpaired) electrons. The zero-order valence-corrected chi connectivity index (χ0v) is 22.8. The number of ketones is 1. The van der Waals surface area contributed by atoms with E-state index in [9.17, 15) is 28.8 Å². The van der Waals surface area contributed by atoms with E-state index >= 15 is 0 Å². The topological polar surface area (TPSA) is 173 Å². The molecule has 13 heteroatoms. The Morgan fingerprint density at radius 3 is 2.38 bits per heavy atom. The molecule has 2 rings (SSSR count). The standard InChI is InChI=1S/C26H37N7O6/c1-5-17(6-2)13-29-22(35)15-33-12-8-9-19(26(33)39)31-23(36)18(10-11-21(34)25(38)28-7-3)30-24(37)20-14-27-16-32(20)4/h8-9,12,14,16-18H,5-7,10-11,13,15H2,1-4H3,(H,28,38)(H,29,35)(H,30,37)(H,31,36)/t18-/m0/s1. The molecule has 0 bridgehead atoms. The third-order valence-corrected chi connectivity index (χ3v) is 6.26. The molecule has 0 spiro atoms. The lowest BCUT2D eigenvalue weighted by Gasteiger charge is -2.18. The first-order valence-electron chi connectivity index (χ1n) is 13.0. The Hall–Kier alpha value is -4.29. The smallest absolute Gasteiger partial charge is 0.287 e. The van der Waals surface area contributed by atoms with Crippen molar-refractivity contribution in [1.82, 2.24) is 30.1 Å². The van der Waals surface area contributed by atoms with Crippen LogP contribution in [-0.2, 0) is 32.8 Å². The van der Waals surface area contributed by atoms with Crippen LogP contribution in [0.15, 0.2) is 35.6 Å². The van der Waals surface area contributed by atoms with Crippen molar-refractivity contribution in [2.75, 3.05) is 18.4 Å². The molecule has 13 nitrogen and oxygen atoms in total. The Bertz CT molecular complexity index is 1230. The molecule has 0 aromatic carbocycles. The minimum atomic E-state index is -1.25. The number of carbonyl (C=O) groups is 5. The molecule has 0 aliphatic heterocycles. The lowest BCUT2D eigenvalue weighted by atomic mass is 10.0. The van der Waals surface area contributed by atoms with Crippen LogP contribution in [0.4, 0.5) is 5.69 Å². The van der Waals surface area contributed by atoms with E-state index in [2.05, 4.69) is 26.3 Å². The van der Waals surface area contributed by atoms with Crippen LogP contribution < -0.4 is 26.8 Å². The summed E-state index contributed by atoms with van der Waals surface area (Å²) in [5.74, 6) is -2.91. The number of imidazole rings is 1. The fourth-order valence-electron chi connectivity index (χ4n) is 3.75. The van der Waals surface area contributed by atoms with E-state index in [-0.39, 0.29) is 43.2 Å². The number of hydrogen-bond donors (Lipinski definition) is 4. The number of aromatic nitrogens is 3. The number of nitrogens with zero attached hydrogens (tertiary/aromatic N) is 3. The third kappa shape index (κ3) is 9.20. The van der Waals surface area contributed by atoms with Gasteiger partial charge in [0.15, 0.2) is 0 Å². The maximum Gasteiger partial charge on any atom is 0.287 e. The van der Waals surface area contributed by atoms with Crippen LogP contribution in [0.25, 0.3) is 0 Å². The van der Waals surface area contributed by atoms with Crippen molar-refractivity contribution in [3.05, 3.63) is 46.9 Å². The highest BCUT2D eigenvalue weighted by molar-refractivity contribution is 6.36. The van der Waals surface area contributed by atoms with Gasteiger partial charge in [0.1, 0.15) is 24.0 Å². The molecular weight excluding hydrogens is 506 g/mol. The maximum atomic E-state index is 13.2. The first-order valence-corrected chi connectivity index (χ1v) is 13.0. The molecule has 2 aromatic heterocycles. The zero-order valence-electron chi connectivity index (χ0n) is 22.8. The van der Waals surface area contributed by atoms with Crippen LogP contribution in [0.2, 0.25) is 0 Å². The second-order valence-corrected chi connectivity index (χ2v) is 9.07. The molecule has 2 aromatic rings. The highest BCUT2D eigenvalue weighted by Crippen LogP contribution is 2.08. The number of carbonyl (C=O) groups excluding carboxylic acids is 5. The lowest BCUT2D eigenvalue weighted by molar-refractivity contribution is -0.138. The summed E-state index contributed by atoms with van der Waals surface area (Å²) in [6.07, 6.45) is 5.50. The summed E-state index contributed by atoms with van der Waals surface area (Å²) in [6.45, 7) is 6.29. The molecule has 1 atom stereocenters. The third-order valence-electron chi connectivity index (χ3n) is 6.26. The Kier molecular flexibility index (Phi) is 12.1. The van der Waals surface area contributed by atoms with E-state index in [0.717, 1.165) is 12.8 Å². The maximum absolute atomic E-state index is 13.2. The van der Waals surface area contributed by atoms with Gasteiger partial charge in [-0.3, -0.25) is 28.8 Å². The van der Waals surface area contributed by atoms with Crippen LogP contribution in [-0.4, -0.2) is 62.7 Å². The van der Waals surface area contributed by atoms with Gasteiger partial charge in [-0.1, -0.05) is 26.7 Å². The summed E-state index contributed by atoms with van der Waals surface area (Å²) in [4.78, 5) is 79.1. The molecule has 0 saturated carbocycles. The highest BCUT2D eigenvalue weighted by Gasteiger charge is 2.26. The van der Waals surface area contributed by atoms with E-state index in [4.69, 9.17) is 0 Å². The average molecular weight is 544 g/mol. The zero-order chi connectivity index (χ0) is 28.9. The molecule has 0 unspecified atom stereocenters. The molecule has 4 amide bonds. The van der Waals surface area contributed by atoms with Crippen molar-refractivity contribution < 1.29 is 24.0 Å². The van der Waals surface area contributed by atoms with Crippen molar-refractivity contribution in [3.8, 4) is 0 Å². The summed E-state index contributed by atoms with van der Waals surface area (Å²) >= 11 is 0. The molecule has 0 fully saturated rings.